The van der Waals surface area contributed by atoms with Gasteiger partial charge < -0.3 is 5.32 Å². The molecule has 1 N–H and O–H groups in total. The van der Waals surface area contributed by atoms with E-state index in [1.807, 2.05) is 0 Å². The molecule has 1 fully saturated rings. The molecule has 1 saturated carbocycles. The van der Waals surface area contributed by atoms with E-state index < -0.39 is 0 Å². The van der Waals surface area contributed by atoms with Crippen molar-refractivity contribution < 1.29 is 4.79 Å². The summed E-state index contributed by atoms with van der Waals surface area (Å²) < 4.78 is 0.752. The summed E-state index contributed by atoms with van der Waals surface area (Å²) in [4.78, 5) is 16.0. The number of nitrogens with one attached hydrogen (secondary N) is 1. The number of hydrogen-bond acceptors (Lipinski definition) is 2. The Balaban J connectivity index is 2.02. The summed E-state index contributed by atoms with van der Waals surface area (Å²) in [7, 11) is 0. The fourth-order valence-corrected chi connectivity index (χ4v) is 2.57. The Morgan fingerprint density at radius 3 is 2.83 bits per heavy atom. The van der Waals surface area contributed by atoms with Crippen LogP contribution in [-0.2, 0) is 0 Å². The molecule has 0 bridgehead atoms. The third-order valence-electron chi connectivity index (χ3n) is 3.77. The second-order valence-electron chi connectivity index (χ2n) is 5.19. The van der Waals surface area contributed by atoms with Gasteiger partial charge in [-0.1, -0.05) is 25.4 Å². The highest BCUT2D eigenvalue weighted by molar-refractivity contribution is 9.10. The van der Waals surface area contributed by atoms with E-state index in [2.05, 4.69) is 40.1 Å². The maximum atomic E-state index is 12.1. The zero-order valence-electron chi connectivity index (χ0n) is 10.5. The van der Waals surface area contributed by atoms with Crippen molar-refractivity contribution in [1.29, 1.82) is 0 Å². The minimum Gasteiger partial charge on any atom is -0.351 e. The second kappa shape index (κ2) is 5.17. The fourth-order valence-electron chi connectivity index (χ4n) is 2.05. The number of nitrogens with zero attached hydrogens (tertiary/aromatic N) is 1. The lowest BCUT2D eigenvalue weighted by molar-refractivity contribution is 0.0939. The minimum absolute atomic E-state index is 0.152. The van der Waals surface area contributed by atoms with Gasteiger partial charge in [-0.15, -0.1) is 0 Å². The van der Waals surface area contributed by atoms with Gasteiger partial charge in [-0.2, -0.15) is 0 Å². The van der Waals surface area contributed by atoms with Crippen LogP contribution in [0.25, 0.3) is 0 Å². The summed E-state index contributed by atoms with van der Waals surface area (Å²) in [5.41, 5.74) is 0.715. The van der Waals surface area contributed by atoms with Crippen LogP contribution in [0.3, 0.4) is 0 Å². The Bertz CT molecular complexity index is 472. The lowest BCUT2D eigenvalue weighted by Crippen LogP contribution is -2.32. The van der Waals surface area contributed by atoms with Crippen LogP contribution in [-0.4, -0.2) is 17.4 Å². The molecule has 1 heterocycles. The number of rotatable bonds is 4. The molecule has 1 aromatic heterocycles. The minimum atomic E-state index is -0.152. The molecule has 5 heteroatoms. The molecule has 0 aliphatic heterocycles. The number of hydrogen-bond donors (Lipinski definition) is 1. The molecule has 0 unspecified atom stereocenters. The van der Waals surface area contributed by atoms with Gasteiger partial charge in [0.1, 0.15) is 5.15 Å². The van der Waals surface area contributed by atoms with Crippen molar-refractivity contribution in [2.24, 2.45) is 11.3 Å². The average molecular weight is 332 g/mol. The molecular weight excluding hydrogens is 316 g/mol. The quantitative estimate of drug-likeness (QED) is 0.855. The van der Waals surface area contributed by atoms with Crippen LogP contribution in [0.15, 0.2) is 16.7 Å². The summed E-state index contributed by atoms with van der Waals surface area (Å²) in [5.74, 6) is 0.439. The van der Waals surface area contributed by atoms with E-state index in [9.17, 15) is 4.79 Å². The molecule has 0 aromatic carbocycles. The Kier molecular flexibility index (Phi) is 3.97. The highest BCUT2D eigenvalue weighted by Crippen LogP contribution is 2.51. The second-order valence-corrected chi connectivity index (χ2v) is 6.47. The van der Waals surface area contributed by atoms with Gasteiger partial charge in [-0.05, 0) is 46.2 Å². The van der Waals surface area contributed by atoms with Crippen molar-refractivity contribution in [1.82, 2.24) is 10.3 Å². The molecule has 1 aliphatic carbocycles. The zero-order valence-corrected chi connectivity index (χ0v) is 12.8. The number of aromatic nitrogens is 1. The van der Waals surface area contributed by atoms with E-state index in [0.717, 1.165) is 4.47 Å². The molecule has 0 spiro atoms. The number of carbonyl (C=O) groups excluding carboxylic acids is 1. The molecule has 2 rings (SSSR count). The molecule has 1 amide bonds. The van der Waals surface area contributed by atoms with Gasteiger partial charge in [0.2, 0.25) is 0 Å². The van der Waals surface area contributed by atoms with Crippen molar-refractivity contribution in [3.05, 3.63) is 27.5 Å². The first kappa shape index (κ1) is 13.8. The van der Waals surface area contributed by atoms with Crippen LogP contribution >= 0.6 is 27.5 Å². The molecule has 1 aromatic rings. The summed E-state index contributed by atoms with van der Waals surface area (Å²) in [5, 5.41) is 3.21. The first-order valence-electron chi connectivity index (χ1n) is 6.04. The highest BCUT2D eigenvalue weighted by Gasteiger charge is 2.45. The van der Waals surface area contributed by atoms with E-state index in [0.29, 0.717) is 23.4 Å². The predicted molar refractivity (Wildman–Crippen MR) is 75.8 cm³/mol. The molecule has 18 heavy (non-hydrogen) atoms. The SMILES string of the molecule is CC(C)C1(CNC(=O)c2cc(Br)cnc2Cl)CC1. The van der Waals surface area contributed by atoms with Crippen molar-refractivity contribution in [3.63, 3.8) is 0 Å². The standard InChI is InChI=1S/C13H16BrClN2O/c1-8(2)13(3-4-13)7-17-12(18)10-5-9(14)6-16-11(10)15/h5-6,8H,3-4,7H2,1-2H3,(H,17,18). The van der Waals surface area contributed by atoms with Crippen LogP contribution in [0.2, 0.25) is 5.15 Å². The Labute approximate surface area is 120 Å². The number of carbonyl (C=O) groups is 1. The monoisotopic (exact) mass is 330 g/mol. The zero-order chi connectivity index (χ0) is 13.3. The van der Waals surface area contributed by atoms with E-state index in [1.165, 1.54) is 12.8 Å². The Hall–Kier alpha value is -0.610. The van der Waals surface area contributed by atoms with Crippen LogP contribution < -0.4 is 5.32 Å². The van der Waals surface area contributed by atoms with Crippen LogP contribution in [0.5, 0.6) is 0 Å². The maximum absolute atomic E-state index is 12.1. The van der Waals surface area contributed by atoms with Crippen molar-refractivity contribution in [2.45, 2.75) is 26.7 Å². The van der Waals surface area contributed by atoms with Crippen molar-refractivity contribution >= 4 is 33.4 Å². The third kappa shape index (κ3) is 2.86. The predicted octanol–water partition coefficient (Wildman–Crippen LogP) is 3.66. The van der Waals surface area contributed by atoms with Gasteiger partial charge in [-0.25, -0.2) is 4.98 Å². The lowest BCUT2D eigenvalue weighted by atomic mass is 9.92. The molecule has 3 nitrogen and oxygen atoms in total. The first-order valence-corrected chi connectivity index (χ1v) is 7.21. The van der Waals surface area contributed by atoms with Gasteiger partial charge in [0.05, 0.1) is 5.56 Å². The lowest BCUT2D eigenvalue weighted by Gasteiger charge is -2.20. The summed E-state index contributed by atoms with van der Waals surface area (Å²) in [6, 6.07) is 1.69. The van der Waals surface area contributed by atoms with Crippen LogP contribution in [0.4, 0.5) is 0 Å². The maximum Gasteiger partial charge on any atom is 0.254 e. The normalized spacial score (nSPS) is 16.7. The number of pyridine rings is 1. The van der Waals surface area contributed by atoms with E-state index in [-0.39, 0.29) is 11.1 Å². The molecule has 0 saturated heterocycles. The molecular formula is C13H16BrClN2O. The average Bonchev–Trinajstić information content (AvgIpc) is 3.10. The highest BCUT2D eigenvalue weighted by atomic mass is 79.9. The van der Waals surface area contributed by atoms with Crippen LogP contribution in [0.1, 0.15) is 37.0 Å². The number of halogens is 2. The smallest absolute Gasteiger partial charge is 0.254 e. The van der Waals surface area contributed by atoms with Gasteiger partial charge in [0, 0.05) is 17.2 Å². The summed E-state index contributed by atoms with van der Waals surface area (Å²) in [6.45, 7) is 5.12. The molecule has 1 aliphatic rings. The van der Waals surface area contributed by atoms with Gasteiger partial charge in [-0.3, -0.25) is 4.79 Å². The van der Waals surface area contributed by atoms with Crippen molar-refractivity contribution in [3.8, 4) is 0 Å². The largest absolute Gasteiger partial charge is 0.351 e. The molecule has 98 valence electrons. The van der Waals surface area contributed by atoms with Gasteiger partial charge in [0.25, 0.3) is 5.91 Å². The molecule has 0 radical (unpaired) electrons. The van der Waals surface area contributed by atoms with E-state index in [1.54, 1.807) is 12.3 Å². The fraction of sp³-hybridized carbons (Fsp3) is 0.538. The topological polar surface area (TPSA) is 42.0 Å². The van der Waals surface area contributed by atoms with Gasteiger partial charge >= 0.3 is 0 Å². The van der Waals surface area contributed by atoms with Crippen LogP contribution in [0, 0.1) is 11.3 Å². The van der Waals surface area contributed by atoms with Crippen molar-refractivity contribution in [2.75, 3.05) is 6.54 Å². The summed E-state index contributed by atoms with van der Waals surface area (Å²) >= 11 is 9.22. The number of amides is 1. The Morgan fingerprint density at radius 2 is 2.28 bits per heavy atom. The Morgan fingerprint density at radius 1 is 1.61 bits per heavy atom. The van der Waals surface area contributed by atoms with Gasteiger partial charge in [0.15, 0.2) is 0 Å². The summed E-state index contributed by atoms with van der Waals surface area (Å²) in [6.07, 6.45) is 3.96. The first-order chi connectivity index (χ1) is 8.44. The van der Waals surface area contributed by atoms with E-state index in [4.69, 9.17) is 11.6 Å². The van der Waals surface area contributed by atoms with E-state index >= 15 is 0 Å². The molecule has 0 atom stereocenters. The third-order valence-corrected chi connectivity index (χ3v) is 4.50.